The zero-order chi connectivity index (χ0) is 24.1. The minimum Gasteiger partial charge on any atom is -0.319 e. The van der Waals surface area contributed by atoms with Crippen molar-refractivity contribution in [1.82, 2.24) is 19.1 Å². The first-order valence-electron chi connectivity index (χ1n) is 13.1. The minimum absolute atomic E-state index is 0.0192. The maximum absolute atomic E-state index is 13.5. The van der Waals surface area contributed by atoms with Gasteiger partial charge in [0.25, 0.3) is 0 Å². The van der Waals surface area contributed by atoms with Gasteiger partial charge < -0.3 is 4.90 Å². The number of nitrogens with one attached hydrogen (secondary N) is 1. The van der Waals surface area contributed by atoms with Gasteiger partial charge in [0.05, 0.1) is 5.75 Å². The van der Waals surface area contributed by atoms with Crippen LogP contribution < -0.4 is 5.32 Å². The fraction of sp³-hybridized carbons (Fsp3) is 0.833. The van der Waals surface area contributed by atoms with Crippen LogP contribution in [0.25, 0.3) is 0 Å². The first-order valence-corrected chi connectivity index (χ1v) is 15.5. The Morgan fingerprint density at radius 1 is 1.06 bits per heavy atom. The molecule has 0 spiro atoms. The molecule has 0 aromatic carbocycles. The monoisotopic (exact) mass is 511 g/mol. The number of aromatic nitrogens is 1. The average Bonchev–Trinajstić information content (AvgIpc) is 3.28. The molecular weight excluding hydrogens is 470 g/mol. The Morgan fingerprint density at radius 2 is 1.71 bits per heavy atom. The van der Waals surface area contributed by atoms with Gasteiger partial charge in [-0.2, -0.15) is 4.31 Å². The summed E-state index contributed by atoms with van der Waals surface area (Å²) in [6.45, 7) is 7.26. The molecule has 1 aliphatic heterocycles. The molecule has 3 fully saturated rings. The van der Waals surface area contributed by atoms with Gasteiger partial charge in [0, 0.05) is 55.9 Å². The van der Waals surface area contributed by atoms with Gasteiger partial charge in [0.15, 0.2) is 5.13 Å². The van der Waals surface area contributed by atoms with E-state index in [-0.39, 0.29) is 11.8 Å². The lowest BCUT2D eigenvalue weighted by molar-refractivity contribution is 0.105. The predicted molar refractivity (Wildman–Crippen MR) is 138 cm³/mol. The van der Waals surface area contributed by atoms with Crippen LogP contribution in [0.4, 0.5) is 9.93 Å². The molecule has 1 N–H and O–H groups in total. The number of nitrogens with zero attached hydrogens (tertiary/aromatic N) is 4. The van der Waals surface area contributed by atoms with Crippen LogP contribution >= 0.6 is 11.3 Å². The van der Waals surface area contributed by atoms with Crippen LogP contribution in [0.1, 0.15) is 76.5 Å². The number of carbonyl (C=O) groups excluding carboxylic acids is 1. The molecule has 0 radical (unpaired) electrons. The third-order valence-electron chi connectivity index (χ3n) is 7.82. The number of carbonyl (C=O) groups is 1. The molecule has 1 aromatic heterocycles. The van der Waals surface area contributed by atoms with E-state index in [1.165, 1.54) is 43.4 Å². The van der Waals surface area contributed by atoms with E-state index < -0.39 is 10.0 Å². The number of piperazine rings is 1. The van der Waals surface area contributed by atoms with E-state index in [2.05, 4.69) is 27.0 Å². The van der Waals surface area contributed by atoms with E-state index in [0.717, 1.165) is 43.0 Å². The van der Waals surface area contributed by atoms with Crippen molar-refractivity contribution in [1.29, 1.82) is 0 Å². The fourth-order valence-electron chi connectivity index (χ4n) is 5.67. The summed E-state index contributed by atoms with van der Waals surface area (Å²) in [5, 5.41) is 3.79. The van der Waals surface area contributed by atoms with E-state index >= 15 is 0 Å². The summed E-state index contributed by atoms with van der Waals surface area (Å²) >= 11 is 1.53. The largest absolute Gasteiger partial charge is 0.324 e. The molecule has 8 nitrogen and oxygen atoms in total. The molecule has 2 heterocycles. The Hall–Kier alpha value is -1.23. The number of thiazole rings is 1. The third-order valence-corrected chi connectivity index (χ3v) is 10.6. The first-order chi connectivity index (χ1) is 16.4. The lowest BCUT2D eigenvalue weighted by Crippen LogP contribution is -2.51. The van der Waals surface area contributed by atoms with E-state index in [9.17, 15) is 13.2 Å². The van der Waals surface area contributed by atoms with Gasteiger partial charge in [0.2, 0.25) is 10.0 Å². The molecule has 1 aromatic rings. The highest BCUT2D eigenvalue weighted by Gasteiger charge is 2.34. The molecule has 1 saturated heterocycles. The zero-order valence-corrected chi connectivity index (χ0v) is 22.4. The predicted octanol–water partition coefficient (Wildman–Crippen LogP) is 4.36. The summed E-state index contributed by atoms with van der Waals surface area (Å²) in [5.74, 6) is 0.917. The maximum atomic E-state index is 13.5. The minimum atomic E-state index is -3.11. The van der Waals surface area contributed by atoms with Gasteiger partial charge >= 0.3 is 6.03 Å². The van der Waals surface area contributed by atoms with Crippen molar-refractivity contribution in [2.75, 3.05) is 37.2 Å². The van der Waals surface area contributed by atoms with Crippen LogP contribution in [0, 0.1) is 5.92 Å². The number of rotatable bonds is 7. The summed E-state index contributed by atoms with van der Waals surface area (Å²) in [4.78, 5) is 23.5. The van der Waals surface area contributed by atoms with Gasteiger partial charge in [-0.05, 0) is 51.4 Å². The smallest absolute Gasteiger partial charge is 0.319 e. The Kier molecular flexibility index (Phi) is 8.87. The second kappa shape index (κ2) is 11.7. The van der Waals surface area contributed by atoms with Crippen molar-refractivity contribution in [3.8, 4) is 0 Å². The number of sulfonamides is 1. The molecule has 4 rings (SSSR count). The lowest BCUT2D eigenvalue weighted by atomic mass is 9.84. The van der Waals surface area contributed by atoms with Crippen LogP contribution in [-0.4, -0.2) is 77.6 Å². The maximum Gasteiger partial charge on any atom is 0.324 e. The Labute approximate surface area is 209 Å². The molecule has 2 amide bonds. The van der Waals surface area contributed by atoms with E-state index in [0.29, 0.717) is 43.4 Å². The second-order valence-electron chi connectivity index (χ2n) is 10.3. The normalized spacial score (nSPS) is 25.8. The van der Waals surface area contributed by atoms with Gasteiger partial charge in [0.1, 0.15) is 0 Å². The number of anilines is 1. The van der Waals surface area contributed by atoms with Crippen LogP contribution in [-0.2, 0) is 16.6 Å². The van der Waals surface area contributed by atoms with Crippen molar-refractivity contribution in [2.45, 2.75) is 90.3 Å². The highest BCUT2D eigenvalue weighted by molar-refractivity contribution is 7.89. The molecule has 2 aliphatic carbocycles. The second-order valence-corrected chi connectivity index (χ2v) is 13.6. The van der Waals surface area contributed by atoms with Gasteiger partial charge in [-0.3, -0.25) is 10.2 Å². The van der Waals surface area contributed by atoms with Crippen LogP contribution in [0.3, 0.4) is 0 Å². The van der Waals surface area contributed by atoms with Gasteiger partial charge in [-0.15, -0.1) is 11.3 Å². The summed E-state index contributed by atoms with van der Waals surface area (Å²) in [6, 6.07) is 0.711. The summed E-state index contributed by atoms with van der Waals surface area (Å²) in [6.07, 6.45) is 12.4. The van der Waals surface area contributed by atoms with Crippen LogP contribution in [0.2, 0.25) is 0 Å². The first kappa shape index (κ1) is 25.9. The van der Waals surface area contributed by atoms with Crippen molar-refractivity contribution in [2.24, 2.45) is 5.92 Å². The summed E-state index contributed by atoms with van der Waals surface area (Å²) in [5.41, 5.74) is 0. The molecule has 34 heavy (non-hydrogen) atoms. The van der Waals surface area contributed by atoms with Gasteiger partial charge in [-0.25, -0.2) is 18.2 Å². The molecule has 0 atom stereocenters. The quantitative estimate of drug-likeness (QED) is 0.588. The molecule has 2 saturated carbocycles. The highest BCUT2D eigenvalue weighted by Crippen LogP contribution is 2.33. The average molecular weight is 512 g/mol. The van der Waals surface area contributed by atoms with Crippen molar-refractivity contribution >= 4 is 32.5 Å². The van der Waals surface area contributed by atoms with E-state index in [4.69, 9.17) is 0 Å². The molecular formula is C24H41N5O3S2. The van der Waals surface area contributed by atoms with Crippen LogP contribution in [0.5, 0.6) is 0 Å². The lowest BCUT2D eigenvalue weighted by Gasteiger charge is -2.42. The van der Waals surface area contributed by atoms with E-state index in [1.54, 1.807) is 11.2 Å². The standard InChI is InChI=1S/C24H41N5O3S2/c1-3-34(31,32)28-15-13-27(14-16-28)18-22-17-25-23(33-22)26-24(30)29(20-7-5-4-6-8-20)21-11-9-19(2)10-12-21/h17,19-21H,3-16,18H2,1-2H3,(H,25,26,30)/t19-,21-. The molecule has 0 bridgehead atoms. The zero-order valence-electron chi connectivity index (χ0n) is 20.7. The Morgan fingerprint density at radius 3 is 2.35 bits per heavy atom. The molecule has 10 heteroatoms. The molecule has 3 aliphatic rings. The summed E-state index contributed by atoms with van der Waals surface area (Å²) < 4.78 is 25.8. The molecule has 0 unspecified atom stereocenters. The summed E-state index contributed by atoms with van der Waals surface area (Å²) in [7, 11) is -3.11. The number of amides is 2. The van der Waals surface area contributed by atoms with Crippen LogP contribution in [0.15, 0.2) is 6.20 Å². The third kappa shape index (κ3) is 6.50. The number of hydrogen-bond donors (Lipinski definition) is 1. The highest BCUT2D eigenvalue weighted by atomic mass is 32.2. The van der Waals surface area contributed by atoms with E-state index in [1.807, 2.05) is 6.20 Å². The molecule has 192 valence electrons. The SMILES string of the molecule is CCS(=O)(=O)N1CCN(Cc2cnc(NC(=O)N(C3CCCCC3)[C@H]3CC[C@H](C)CC3)s2)CC1. The van der Waals surface area contributed by atoms with Crippen molar-refractivity contribution in [3.05, 3.63) is 11.1 Å². The van der Waals surface area contributed by atoms with Gasteiger partial charge in [-0.1, -0.05) is 26.2 Å². The Bertz CT molecular complexity index is 899. The Balaban J connectivity index is 1.34. The van der Waals surface area contributed by atoms with Crippen molar-refractivity contribution in [3.63, 3.8) is 0 Å². The number of hydrogen-bond acceptors (Lipinski definition) is 6. The van der Waals surface area contributed by atoms with Crippen molar-refractivity contribution < 1.29 is 13.2 Å². The topological polar surface area (TPSA) is 85.9 Å². The number of urea groups is 1. The fourth-order valence-corrected chi connectivity index (χ4v) is 7.60.